The number of halogens is 2. The Hall–Kier alpha value is -2.93. The quantitative estimate of drug-likeness (QED) is 0.709. The fraction of sp³-hybridized carbons (Fsp3) is 0.118. The summed E-state index contributed by atoms with van der Waals surface area (Å²) in [6.45, 7) is 0. The van der Waals surface area contributed by atoms with Gasteiger partial charge in [-0.25, -0.2) is 14.1 Å². The lowest BCUT2D eigenvalue weighted by Crippen LogP contribution is -2.13. The lowest BCUT2D eigenvalue weighted by Gasteiger charge is -2.08. The van der Waals surface area contributed by atoms with Crippen LogP contribution in [-0.2, 0) is 4.79 Å². The van der Waals surface area contributed by atoms with Crippen molar-refractivity contribution in [2.45, 2.75) is 0 Å². The van der Waals surface area contributed by atoms with Crippen LogP contribution < -0.4 is 10.1 Å². The first kappa shape index (κ1) is 16.9. The van der Waals surface area contributed by atoms with Crippen LogP contribution in [0.2, 0.25) is 0 Å². The molecule has 0 spiro atoms. The average molecular weight is 361 g/mol. The topological polar surface area (TPSA) is 69.0 Å². The molecule has 6 nitrogen and oxygen atoms in total. The number of hydrogen-bond acceptors (Lipinski definition) is 4. The summed E-state index contributed by atoms with van der Waals surface area (Å²) in [5.41, 5.74) is 2.06. The third-order valence-corrected chi connectivity index (χ3v) is 3.66. The summed E-state index contributed by atoms with van der Waals surface area (Å²) in [4.78, 5) is 15.7. The largest absolute Gasteiger partial charge is 0.481 e. The summed E-state index contributed by atoms with van der Waals surface area (Å²) in [5.74, 6) is -0.0832. The normalized spacial score (nSPS) is 10.5. The fourth-order valence-corrected chi connectivity index (χ4v) is 2.33. The summed E-state index contributed by atoms with van der Waals surface area (Å²) >= 11 is 5.52. The number of alkyl halides is 1. The van der Waals surface area contributed by atoms with Gasteiger partial charge in [-0.3, -0.25) is 4.79 Å². The summed E-state index contributed by atoms with van der Waals surface area (Å²) in [6, 6.07) is 11.1. The fourth-order valence-electron chi connectivity index (χ4n) is 2.26. The number of benzene rings is 1. The second kappa shape index (κ2) is 7.31. The Morgan fingerprint density at radius 2 is 2.04 bits per heavy atom. The maximum absolute atomic E-state index is 13.2. The number of amides is 1. The third kappa shape index (κ3) is 3.77. The predicted molar refractivity (Wildman–Crippen MR) is 92.7 cm³/mol. The summed E-state index contributed by atoms with van der Waals surface area (Å²) in [5, 5.41) is 6.98. The second-order valence-electron chi connectivity index (χ2n) is 5.07. The molecule has 2 aromatic heterocycles. The Labute approximate surface area is 148 Å². The molecule has 0 atom stereocenters. The highest BCUT2D eigenvalue weighted by molar-refractivity contribution is 6.29. The first-order chi connectivity index (χ1) is 12.1. The molecule has 0 fully saturated rings. The minimum absolute atomic E-state index is 0.178. The number of carbonyl (C=O) groups is 1. The molecule has 0 aliphatic heterocycles. The summed E-state index contributed by atoms with van der Waals surface area (Å²) in [6.07, 6.45) is 1.59. The van der Waals surface area contributed by atoms with E-state index in [4.69, 9.17) is 16.3 Å². The van der Waals surface area contributed by atoms with E-state index in [2.05, 4.69) is 15.4 Å². The van der Waals surface area contributed by atoms with Crippen molar-refractivity contribution in [1.82, 2.24) is 14.8 Å². The third-order valence-electron chi connectivity index (χ3n) is 3.41. The molecular formula is C17H14ClFN4O2. The first-order valence-electron chi connectivity index (χ1n) is 7.33. The van der Waals surface area contributed by atoms with E-state index in [0.29, 0.717) is 23.1 Å². The molecule has 0 aliphatic rings. The molecule has 0 aliphatic carbocycles. The molecule has 2 heterocycles. The van der Waals surface area contributed by atoms with Gasteiger partial charge >= 0.3 is 0 Å². The first-order valence-corrected chi connectivity index (χ1v) is 7.86. The van der Waals surface area contributed by atoms with E-state index in [1.807, 2.05) is 0 Å². The van der Waals surface area contributed by atoms with Crippen LogP contribution in [0.25, 0.3) is 16.9 Å². The van der Waals surface area contributed by atoms with Crippen LogP contribution >= 0.6 is 11.6 Å². The van der Waals surface area contributed by atoms with Crippen LogP contribution in [0.5, 0.6) is 5.88 Å². The number of ether oxygens (including phenoxy) is 1. The molecule has 8 heteroatoms. The van der Waals surface area contributed by atoms with Gasteiger partial charge in [-0.05, 0) is 30.3 Å². The van der Waals surface area contributed by atoms with Crippen molar-refractivity contribution >= 4 is 23.3 Å². The van der Waals surface area contributed by atoms with Crippen molar-refractivity contribution in [3.05, 3.63) is 54.5 Å². The monoisotopic (exact) mass is 360 g/mol. The molecule has 1 amide bonds. The van der Waals surface area contributed by atoms with Gasteiger partial charge in [0.25, 0.3) is 0 Å². The molecule has 0 bridgehead atoms. The number of aromatic nitrogens is 3. The van der Waals surface area contributed by atoms with Gasteiger partial charge in [0.15, 0.2) is 5.82 Å². The number of nitrogens with one attached hydrogen (secondary N) is 1. The highest BCUT2D eigenvalue weighted by atomic mass is 35.5. The van der Waals surface area contributed by atoms with E-state index in [-0.39, 0.29) is 17.6 Å². The van der Waals surface area contributed by atoms with Crippen molar-refractivity contribution in [2.24, 2.45) is 0 Å². The number of pyridine rings is 1. The zero-order chi connectivity index (χ0) is 17.8. The van der Waals surface area contributed by atoms with E-state index < -0.39 is 0 Å². The van der Waals surface area contributed by atoms with Crippen LogP contribution in [0.15, 0.2) is 48.7 Å². The van der Waals surface area contributed by atoms with Crippen LogP contribution in [0, 0.1) is 5.82 Å². The van der Waals surface area contributed by atoms with Crippen molar-refractivity contribution < 1.29 is 13.9 Å². The van der Waals surface area contributed by atoms with Crippen molar-refractivity contribution in [3.63, 3.8) is 0 Å². The van der Waals surface area contributed by atoms with Gasteiger partial charge in [-0.1, -0.05) is 0 Å². The smallest absolute Gasteiger partial charge is 0.240 e. The number of carbonyl (C=O) groups excluding carboxylic acids is 1. The van der Waals surface area contributed by atoms with Gasteiger partial charge in [0.05, 0.1) is 24.7 Å². The SMILES string of the molecule is COc1ccc(-n2nc(NC(=O)CCl)cc2-c2ccc(F)cc2)cn1. The molecule has 0 saturated carbocycles. The maximum Gasteiger partial charge on any atom is 0.240 e. The standard InChI is InChI=1S/C17H14ClFN4O2/c1-25-17-7-6-13(10-20-17)23-14(11-2-4-12(19)5-3-11)8-15(22-23)21-16(24)9-18/h2-8,10H,9H2,1H3,(H,21,22,24). The van der Waals surface area contributed by atoms with E-state index in [1.54, 1.807) is 41.2 Å². The number of anilines is 1. The molecule has 25 heavy (non-hydrogen) atoms. The molecule has 128 valence electrons. The molecule has 1 aromatic carbocycles. The van der Waals surface area contributed by atoms with E-state index >= 15 is 0 Å². The van der Waals surface area contributed by atoms with Crippen molar-refractivity contribution in [1.29, 1.82) is 0 Å². The number of hydrogen-bond donors (Lipinski definition) is 1. The van der Waals surface area contributed by atoms with Crippen LogP contribution in [0.3, 0.4) is 0 Å². The Kier molecular flexibility index (Phi) is 4.95. The Morgan fingerprint density at radius 1 is 1.28 bits per heavy atom. The number of rotatable bonds is 5. The van der Waals surface area contributed by atoms with E-state index in [9.17, 15) is 9.18 Å². The lowest BCUT2D eigenvalue weighted by molar-refractivity contribution is -0.113. The van der Waals surface area contributed by atoms with E-state index in [1.165, 1.54) is 19.2 Å². The zero-order valence-electron chi connectivity index (χ0n) is 13.2. The molecule has 0 unspecified atom stereocenters. The average Bonchev–Trinajstić information content (AvgIpc) is 3.06. The molecule has 0 saturated heterocycles. The molecule has 1 N–H and O–H groups in total. The molecular weight excluding hydrogens is 347 g/mol. The number of nitrogens with zero attached hydrogens (tertiary/aromatic N) is 3. The Bertz CT molecular complexity index is 879. The summed E-state index contributed by atoms with van der Waals surface area (Å²) < 4.78 is 19.9. The van der Waals surface area contributed by atoms with Gasteiger partial charge in [0.2, 0.25) is 11.8 Å². The highest BCUT2D eigenvalue weighted by Gasteiger charge is 2.14. The van der Waals surface area contributed by atoms with Crippen molar-refractivity contribution in [2.75, 3.05) is 18.3 Å². The summed E-state index contributed by atoms with van der Waals surface area (Å²) in [7, 11) is 1.53. The van der Waals surface area contributed by atoms with Gasteiger partial charge in [0, 0.05) is 17.7 Å². The van der Waals surface area contributed by atoms with Gasteiger partial charge in [0.1, 0.15) is 11.7 Å². The van der Waals surface area contributed by atoms with Gasteiger partial charge in [-0.15, -0.1) is 16.7 Å². The zero-order valence-corrected chi connectivity index (χ0v) is 14.0. The van der Waals surface area contributed by atoms with Crippen molar-refractivity contribution in [3.8, 4) is 22.8 Å². The second-order valence-corrected chi connectivity index (χ2v) is 5.34. The highest BCUT2D eigenvalue weighted by Crippen LogP contribution is 2.26. The minimum atomic E-state index is -0.371. The molecule has 3 aromatic rings. The lowest BCUT2D eigenvalue weighted by atomic mass is 10.1. The van der Waals surface area contributed by atoms with Crippen LogP contribution in [0.4, 0.5) is 10.2 Å². The minimum Gasteiger partial charge on any atom is -0.481 e. The maximum atomic E-state index is 13.2. The predicted octanol–water partition coefficient (Wildman–Crippen LogP) is 3.26. The van der Waals surface area contributed by atoms with Crippen LogP contribution in [0.1, 0.15) is 0 Å². The van der Waals surface area contributed by atoms with Gasteiger partial charge < -0.3 is 10.1 Å². The molecule has 3 rings (SSSR count). The Morgan fingerprint density at radius 3 is 2.64 bits per heavy atom. The van der Waals surface area contributed by atoms with Gasteiger partial charge in [-0.2, -0.15) is 0 Å². The number of methoxy groups -OCH3 is 1. The van der Waals surface area contributed by atoms with E-state index in [0.717, 1.165) is 5.56 Å². The Balaban J connectivity index is 2.06. The molecule has 0 radical (unpaired) electrons. The van der Waals surface area contributed by atoms with Crippen LogP contribution in [-0.4, -0.2) is 33.7 Å².